The van der Waals surface area contributed by atoms with E-state index in [1.807, 2.05) is 30.3 Å². The minimum absolute atomic E-state index is 0.0547. The first-order valence-corrected chi connectivity index (χ1v) is 13.5. The number of amides is 3. The van der Waals surface area contributed by atoms with Gasteiger partial charge in [0.25, 0.3) is 17.6 Å². The predicted molar refractivity (Wildman–Crippen MR) is 156 cm³/mol. The molecular weight excluding hydrogens is 558 g/mol. The van der Waals surface area contributed by atoms with Crippen molar-refractivity contribution in [3.8, 4) is 11.5 Å². The number of hydrogen-bond acceptors (Lipinski definition) is 6. The van der Waals surface area contributed by atoms with Gasteiger partial charge in [-0.15, -0.1) is 0 Å². The van der Waals surface area contributed by atoms with E-state index in [1.54, 1.807) is 66.7 Å². The maximum Gasteiger partial charge on any atom is 0.299 e. The number of hydrogen-bond donors (Lipinski definition) is 1. The summed E-state index contributed by atoms with van der Waals surface area (Å²) in [6.07, 6.45) is 0. The zero-order valence-corrected chi connectivity index (χ0v) is 22.9. The predicted octanol–water partition coefficient (Wildman–Crippen LogP) is 5.01. The summed E-state index contributed by atoms with van der Waals surface area (Å²) in [4.78, 5) is 56.3. The third-order valence-corrected chi connectivity index (χ3v) is 7.33. The van der Waals surface area contributed by atoms with Gasteiger partial charge < -0.3 is 19.7 Å². The molecule has 0 aromatic heterocycles. The van der Waals surface area contributed by atoms with Gasteiger partial charge in [0.05, 0.1) is 11.3 Å². The summed E-state index contributed by atoms with van der Waals surface area (Å²) < 4.78 is 10.8. The molecule has 2 aliphatic rings. The molecule has 0 saturated heterocycles. The summed E-state index contributed by atoms with van der Waals surface area (Å²) in [5.74, 6) is -1.45. The second-order valence-electron chi connectivity index (χ2n) is 9.76. The highest BCUT2D eigenvalue weighted by molar-refractivity contribution is 6.52. The molecule has 0 saturated carbocycles. The average Bonchev–Trinajstić information content (AvgIpc) is 3.56. The Morgan fingerprint density at radius 2 is 1.60 bits per heavy atom. The van der Waals surface area contributed by atoms with Crippen LogP contribution in [0.2, 0.25) is 5.02 Å². The number of ketones is 1. The smallest absolute Gasteiger partial charge is 0.299 e. The van der Waals surface area contributed by atoms with E-state index >= 15 is 0 Å². The number of benzene rings is 4. The summed E-state index contributed by atoms with van der Waals surface area (Å²) in [6.45, 7) is -0.296. The van der Waals surface area contributed by atoms with Crippen LogP contribution in [0.4, 0.5) is 11.4 Å². The normalized spacial score (nSPS) is 14.0. The van der Waals surface area contributed by atoms with E-state index in [4.69, 9.17) is 21.1 Å². The van der Waals surface area contributed by atoms with Crippen molar-refractivity contribution in [2.45, 2.75) is 12.6 Å². The van der Waals surface area contributed by atoms with Crippen LogP contribution in [0, 0.1) is 0 Å². The molecule has 0 fully saturated rings. The van der Waals surface area contributed by atoms with Gasteiger partial charge in [0.1, 0.15) is 12.6 Å². The van der Waals surface area contributed by atoms with Gasteiger partial charge >= 0.3 is 0 Å². The summed E-state index contributed by atoms with van der Waals surface area (Å²) in [5.41, 5.74) is 2.31. The van der Waals surface area contributed by atoms with Crippen molar-refractivity contribution < 1.29 is 28.7 Å². The zero-order valence-electron chi connectivity index (χ0n) is 22.2. The maximum absolute atomic E-state index is 14.1. The van der Waals surface area contributed by atoms with E-state index < -0.39 is 36.1 Å². The first-order chi connectivity index (χ1) is 20.4. The van der Waals surface area contributed by atoms with Crippen molar-refractivity contribution in [1.82, 2.24) is 4.90 Å². The van der Waals surface area contributed by atoms with E-state index in [1.165, 1.54) is 4.90 Å². The molecule has 4 aromatic carbocycles. The second-order valence-corrected chi connectivity index (χ2v) is 10.2. The quantitative estimate of drug-likeness (QED) is 0.293. The molecule has 9 nitrogen and oxygen atoms in total. The molecule has 210 valence electrons. The fourth-order valence-corrected chi connectivity index (χ4v) is 5.16. The number of ether oxygens (including phenoxy) is 2. The Balaban J connectivity index is 1.37. The topological polar surface area (TPSA) is 105 Å². The lowest BCUT2D eigenvalue weighted by Crippen LogP contribution is -2.46. The van der Waals surface area contributed by atoms with Gasteiger partial charge in [0.15, 0.2) is 11.5 Å². The summed E-state index contributed by atoms with van der Waals surface area (Å²) in [6, 6.07) is 26.3. The molecule has 0 unspecified atom stereocenters. The SMILES string of the molecule is O=C1C(=O)N(CC(=O)N(Cc2ccccc2)[C@@H](C(=O)Nc2ccc3c(c2)OCO3)c2ccc(Cl)cc2)c2ccccc21. The van der Waals surface area contributed by atoms with Gasteiger partial charge in [-0.2, -0.15) is 0 Å². The highest BCUT2D eigenvalue weighted by atomic mass is 35.5. The highest BCUT2D eigenvalue weighted by Crippen LogP contribution is 2.35. The number of nitrogens with zero attached hydrogens (tertiary/aromatic N) is 2. The van der Waals surface area contributed by atoms with Crippen LogP contribution < -0.4 is 19.7 Å². The van der Waals surface area contributed by atoms with Crippen LogP contribution in [0.5, 0.6) is 11.5 Å². The zero-order chi connectivity index (χ0) is 29.2. The molecule has 2 heterocycles. The Morgan fingerprint density at radius 3 is 2.38 bits per heavy atom. The largest absolute Gasteiger partial charge is 0.454 e. The molecule has 0 aliphatic carbocycles. The Morgan fingerprint density at radius 1 is 0.881 bits per heavy atom. The summed E-state index contributed by atoms with van der Waals surface area (Å²) >= 11 is 6.16. The van der Waals surface area contributed by atoms with Gasteiger partial charge in [0.2, 0.25) is 12.7 Å². The van der Waals surface area contributed by atoms with Gasteiger partial charge in [-0.3, -0.25) is 24.1 Å². The molecule has 10 heteroatoms. The van der Waals surface area contributed by atoms with Crippen molar-refractivity contribution in [3.05, 3.63) is 119 Å². The fourth-order valence-electron chi connectivity index (χ4n) is 5.04. The third-order valence-electron chi connectivity index (χ3n) is 7.07. The van der Waals surface area contributed by atoms with Crippen molar-refractivity contribution in [2.75, 3.05) is 23.6 Å². The molecule has 6 rings (SSSR count). The van der Waals surface area contributed by atoms with Crippen molar-refractivity contribution >= 4 is 46.5 Å². The van der Waals surface area contributed by atoms with Gasteiger partial charge in [-0.1, -0.05) is 66.2 Å². The van der Waals surface area contributed by atoms with Crippen LogP contribution in [0.15, 0.2) is 97.1 Å². The second kappa shape index (κ2) is 11.4. The maximum atomic E-state index is 14.1. The number of fused-ring (bicyclic) bond motifs is 2. The molecule has 42 heavy (non-hydrogen) atoms. The Kier molecular flexibility index (Phi) is 7.33. The minimum Gasteiger partial charge on any atom is -0.454 e. The first kappa shape index (κ1) is 27.0. The average molecular weight is 582 g/mol. The van der Waals surface area contributed by atoms with Crippen LogP contribution in [-0.2, 0) is 20.9 Å². The molecule has 0 radical (unpaired) electrons. The third kappa shape index (κ3) is 5.29. The molecule has 3 amide bonds. The van der Waals surface area contributed by atoms with E-state index in [9.17, 15) is 19.2 Å². The van der Waals surface area contributed by atoms with Crippen LogP contribution in [0.1, 0.15) is 27.5 Å². The van der Waals surface area contributed by atoms with Gasteiger partial charge in [-0.25, -0.2) is 0 Å². The number of anilines is 2. The van der Waals surface area contributed by atoms with Crippen molar-refractivity contribution in [2.24, 2.45) is 0 Å². The van der Waals surface area contributed by atoms with Crippen LogP contribution >= 0.6 is 11.6 Å². The van der Waals surface area contributed by atoms with E-state index in [2.05, 4.69) is 5.32 Å². The highest BCUT2D eigenvalue weighted by Gasteiger charge is 2.39. The van der Waals surface area contributed by atoms with Crippen LogP contribution in [-0.4, -0.2) is 41.7 Å². The number of rotatable bonds is 8. The Hall–Kier alpha value is -5.15. The molecular formula is C32H24ClN3O6. The number of carbonyl (C=O) groups is 4. The number of Topliss-reactive ketones (excluding diaryl/α,β-unsaturated/α-hetero) is 1. The lowest BCUT2D eigenvalue weighted by molar-refractivity contribution is -0.139. The monoisotopic (exact) mass is 581 g/mol. The van der Waals surface area contributed by atoms with Gasteiger partial charge in [-0.05, 0) is 47.5 Å². The van der Waals surface area contributed by atoms with E-state index in [0.29, 0.717) is 33.5 Å². The summed E-state index contributed by atoms with van der Waals surface area (Å²) in [5, 5.41) is 3.36. The lowest BCUT2D eigenvalue weighted by Gasteiger charge is -2.33. The van der Waals surface area contributed by atoms with Gasteiger partial charge in [0, 0.05) is 23.3 Å². The summed E-state index contributed by atoms with van der Waals surface area (Å²) in [7, 11) is 0. The number of para-hydroxylation sites is 1. The first-order valence-electron chi connectivity index (χ1n) is 13.1. The Bertz CT molecular complexity index is 1690. The minimum atomic E-state index is -1.12. The number of carbonyl (C=O) groups excluding carboxylic acids is 4. The number of halogens is 1. The van der Waals surface area contributed by atoms with E-state index in [-0.39, 0.29) is 18.9 Å². The molecule has 0 spiro atoms. The fraction of sp³-hybridized carbons (Fsp3) is 0.125. The molecule has 1 atom stereocenters. The molecule has 2 aliphatic heterocycles. The van der Waals surface area contributed by atoms with E-state index in [0.717, 1.165) is 10.5 Å². The van der Waals surface area contributed by atoms with Crippen LogP contribution in [0.3, 0.4) is 0 Å². The Labute approximate surface area is 246 Å². The van der Waals surface area contributed by atoms with Crippen LogP contribution in [0.25, 0.3) is 0 Å². The molecule has 1 N–H and O–H groups in total. The lowest BCUT2D eigenvalue weighted by atomic mass is 10.0. The molecule has 4 aromatic rings. The molecule has 0 bridgehead atoms. The van der Waals surface area contributed by atoms with Crippen molar-refractivity contribution in [1.29, 1.82) is 0 Å². The standard InChI is InChI=1S/C32H24ClN3O6/c33-22-12-10-21(11-13-22)29(31(39)34-23-14-15-26-27(16-23)42-19-41-26)36(17-20-6-2-1-3-7-20)28(37)18-35-25-9-5-4-8-24(25)30(38)32(35)40/h1-16,29H,17-19H2,(H,34,39)/t29-/m1/s1. The number of nitrogens with one attached hydrogen (secondary N) is 1. The van der Waals surface area contributed by atoms with Crippen molar-refractivity contribution in [3.63, 3.8) is 0 Å².